The maximum Gasteiger partial charge on any atom is 0.263 e. The molecule has 4 rings (SSSR count). The van der Waals surface area contributed by atoms with Gasteiger partial charge in [-0.2, -0.15) is 0 Å². The zero-order valence-electron chi connectivity index (χ0n) is 16.6. The third kappa shape index (κ3) is 4.82. The summed E-state index contributed by atoms with van der Waals surface area (Å²) in [4.78, 5) is 21.5. The lowest BCUT2D eigenvalue weighted by Gasteiger charge is -2.04. The van der Waals surface area contributed by atoms with Crippen LogP contribution in [0.25, 0.3) is 10.6 Å². The van der Waals surface area contributed by atoms with Crippen LogP contribution in [0.2, 0.25) is 0 Å². The van der Waals surface area contributed by atoms with Crippen molar-refractivity contribution in [2.24, 2.45) is 0 Å². The number of thiazole rings is 2. The Bertz CT molecular complexity index is 1350. The molecular weight excluding hydrogens is 452 g/mol. The van der Waals surface area contributed by atoms with Crippen LogP contribution in [0.5, 0.6) is 0 Å². The van der Waals surface area contributed by atoms with Crippen molar-refractivity contribution in [3.63, 3.8) is 0 Å². The summed E-state index contributed by atoms with van der Waals surface area (Å²) in [6.45, 7) is 3.34. The summed E-state index contributed by atoms with van der Waals surface area (Å²) in [7, 11) is -3.71. The van der Waals surface area contributed by atoms with E-state index >= 15 is 0 Å². The number of nitrogens with one attached hydrogen (secondary N) is 2. The first kappa shape index (κ1) is 21.2. The number of nitrogens with zero attached hydrogens (tertiary/aromatic N) is 2. The zero-order valence-corrected chi connectivity index (χ0v) is 19.1. The lowest BCUT2D eigenvalue weighted by atomic mass is 10.1. The van der Waals surface area contributed by atoms with E-state index in [2.05, 4.69) is 20.0 Å². The average Bonchev–Trinajstić information content (AvgIpc) is 3.34. The molecule has 0 amide bonds. The highest BCUT2D eigenvalue weighted by atomic mass is 32.2. The van der Waals surface area contributed by atoms with Gasteiger partial charge < -0.3 is 5.32 Å². The monoisotopic (exact) mass is 470 g/mol. The summed E-state index contributed by atoms with van der Waals surface area (Å²) in [5.41, 5.74) is 2.78. The molecule has 0 saturated heterocycles. The molecular formula is C21H18N4O3S3. The summed E-state index contributed by atoms with van der Waals surface area (Å²) in [5, 5.41) is 6.03. The van der Waals surface area contributed by atoms with Crippen molar-refractivity contribution < 1.29 is 13.2 Å². The van der Waals surface area contributed by atoms with Gasteiger partial charge in [-0.15, -0.1) is 11.3 Å². The Morgan fingerprint density at radius 2 is 1.77 bits per heavy atom. The quantitative estimate of drug-likeness (QED) is 0.354. The van der Waals surface area contributed by atoms with Crippen molar-refractivity contribution in [3.8, 4) is 10.6 Å². The molecule has 0 aliphatic carbocycles. The van der Waals surface area contributed by atoms with E-state index in [0.29, 0.717) is 22.1 Å². The SMILES string of the molecule is CC(=O)c1cccc(Nc2nc(-c3sc(NS(=O)(=O)c4ccccc4)nc3C)cs2)c1. The molecule has 4 aromatic rings. The number of carbonyl (C=O) groups is 1. The summed E-state index contributed by atoms with van der Waals surface area (Å²) >= 11 is 2.65. The van der Waals surface area contributed by atoms with Crippen LogP contribution in [0, 0.1) is 6.92 Å². The Morgan fingerprint density at radius 1 is 1.00 bits per heavy atom. The summed E-state index contributed by atoms with van der Waals surface area (Å²) < 4.78 is 27.6. The molecule has 0 radical (unpaired) electrons. The van der Waals surface area contributed by atoms with Crippen molar-refractivity contribution >= 4 is 54.4 Å². The van der Waals surface area contributed by atoms with Crippen LogP contribution in [0.1, 0.15) is 23.0 Å². The van der Waals surface area contributed by atoms with Crippen LogP contribution < -0.4 is 10.0 Å². The van der Waals surface area contributed by atoms with Gasteiger partial charge in [0, 0.05) is 16.6 Å². The van der Waals surface area contributed by atoms with Crippen LogP contribution in [-0.2, 0) is 10.0 Å². The Hall–Kier alpha value is -3.08. The van der Waals surface area contributed by atoms with E-state index in [9.17, 15) is 13.2 Å². The van der Waals surface area contributed by atoms with Gasteiger partial charge in [0.25, 0.3) is 10.0 Å². The van der Waals surface area contributed by atoms with E-state index < -0.39 is 10.0 Å². The molecule has 158 valence electrons. The van der Waals surface area contributed by atoms with Gasteiger partial charge in [0.15, 0.2) is 16.0 Å². The molecule has 2 heterocycles. The third-order valence-electron chi connectivity index (χ3n) is 4.33. The molecule has 2 aromatic heterocycles. The number of hydrogen-bond acceptors (Lipinski definition) is 8. The summed E-state index contributed by atoms with van der Waals surface area (Å²) in [6, 6.07) is 15.4. The molecule has 2 N–H and O–H groups in total. The van der Waals surface area contributed by atoms with Gasteiger partial charge in [-0.05, 0) is 38.1 Å². The number of carbonyl (C=O) groups excluding carboxylic acids is 1. The predicted molar refractivity (Wildman–Crippen MR) is 125 cm³/mol. The molecule has 0 bridgehead atoms. The first-order valence-corrected chi connectivity index (χ1v) is 12.4. The molecule has 0 aliphatic rings. The Balaban J connectivity index is 1.54. The van der Waals surface area contributed by atoms with E-state index in [4.69, 9.17) is 0 Å². The van der Waals surface area contributed by atoms with Crippen molar-refractivity contribution in [3.05, 3.63) is 71.2 Å². The van der Waals surface area contributed by atoms with Crippen molar-refractivity contribution in [1.29, 1.82) is 0 Å². The van der Waals surface area contributed by atoms with Crippen molar-refractivity contribution in [1.82, 2.24) is 9.97 Å². The second-order valence-electron chi connectivity index (χ2n) is 6.65. The minimum atomic E-state index is -3.71. The zero-order chi connectivity index (χ0) is 22.0. The number of ketones is 1. The van der Waals surface area contributed by atoms with Gasteiger partial charge in [-0.3, -0.25) is 9.52 Å². The lowest BCUT2D eigenvalue weighted by molar-refractivity contribution is 0.101. The standard InChI is InChI=1S/C21H18N4O3S3/c1-13-19(30-21(22-13)25-31(27,28)17-9-4-3-5-10-17)18-12-29-20(24-18)23-16-8-6-7-15(11-16)14(2)26/h3-12H,1-2H3,(H,22,25)(H,23,24). The maximum absolute atomic E-state index is 12.5. The molecule has 0 saturated carbocycles. The Morgan fingerprint density at radius 3 is 2.52 bits per heavy atom. The minimum absolute atomic E-state index is 0.00533. The molecule has 0 atom stereocenters. The lowest BCUT2D eigenvalue weighted by Crippen LogP contribution is -2.12. The Labute approximate surface area is 187 Å². The fraction of sp³-hybridized carbons (Fsp3) is 0.0952. The van der Waals surface area contributed by atoms with Gasteiger partial charge in [0.1, 0.15) is 0 Å². The molecule has 2 aromatic carbocycles. The van der Waals surface area contributed by atoms with E-state index in [1.807, 2.05) is 24.4 Å². The first-order valence-electron chi connectivity index (χ1n) is 9.21. The second kappa shape index (κ2) is 8.58. The normalized spacial score (nSPS) is 11.3. The van der Waals surface area contributed by atoms with Gasteiger partial charge in [0.05, 0.1) is 21.2 Å². The topological polar surface area (TPSA) is 101 Å². The highest BCUT2D eigenvalue weighted by Gasteiger charge is 2.19. The van der Waals surface area contributed by atoms with Crippen molar-refractivity contribution in [2.45, 2.75) is 18.7 Å². The molecule has 7 nitrogen and oxygen atoms in total. The molecule has 0 aliphatic heterocycles. The van der Waals surface area contributed by atoms with Gasteiger partial charge in [-0.25, -0.2) is 18.4 Å². The minimum Gasteiger partial charge on any atom is -0.332 e. The highest BCUT2D eigenvalue weighted by Crippen LogP contribution is 2.36. The van der Waals surface area contributed by atoms with Crippen molar-refractivity contribution in [2.75, 3.05) is 10.0 Å². The third-order valence-corrected chi connectivity index (χ3v) is 7.67. The number of aryl methyl sites for hydroxylation is 1. The second-order valence-corrected chi connectivity index (χ2v) is 10.2. The predicted octanol–water partition coefficient (Wildman–Crippen LogP) is 5.32. The number of hydrogen-bond donors (Lipinski definition) is 2. The van der Waals surface area contributed by atoms with E-state index in [1.54, 1.807) is 30.3 Å². The smallest absolute Gasteiger partial charge is 0.263 e. The fourth-order valence-corrected chi connectivity index (χ4v) is 5.81. The van der Waals surface area contributed by atoms with E-state index in [-0.39, 0.29) is 15.8 Å². The average molecular weight is 471 g/mol. The van der Waals surface area contributed by atoms with E-state index in [1.165, 1.54) is 41.7 Å². The summed E-state index contributed by atoms with van der Waals surface area (Å²) in [5.74, 6) is -0.00533. The van der Waals surface area contributed by atoms with Crippen LogP contribution >= 0.6 is 22.7 Å². The van der Waals surface area contributed by atoms with Gasteiger partial charge in [0.2, 0.25) is 0 Å². The molecule has 0 spiro atoms. The summed E-state index contributed by atoms with van der Waals surface area (Å²) in [6.07, 6.45) is 0. The molecule has 0 unspecified atom stereocenters. The Kier molecular flexibility index (Phi) is 5.86. The van der Waals surface area contributed by atoms with Crippen LogP contribution in [0.15, 0.2) is 64.9 Å². The van der Waals surface area contributed by atoms with Crippen LogP contribution in [-0.4, -0.2) is 24.2 Å². The first-order chi connectivity index (χ1) is 14.8. The van der Waals surface area contributed by atoms with Gasteiger partial charge in [-0.1, -0.05) is 41.7 Å². The highest BCUT2D eigenvalue weighted by molar-refractivity contribution is 7.93. The van der Waals surface area contributed by atoms with E-state index in [0.717, 1.165) is 10.6 Å². The largest absolute Gasteiger partial charge is 0.332 e. The van der Waals surface area contributed by atoms with Crippen LogP contribution in [0.3, 0.4) is 0 Å². The number of sulfonamides is 1. The molecule has 0 fully saturated rings. The number of anilines is 3. The fourth-order valence-electron chi connectivity index (χ4n) is 2.83. The molecule has 10 heteroatoms. The van der Waals surface area contributed by atoms with Gasteiger partial charge >= 0.3 is 0 Å². The number of Topliss-reactive ketones (excluding diaryl/α,β-unsaturated/α-hetero) is 1. The molecule has 31 heavy (non-hydrogen) atoms. The number of benzene rings is 2. The maximum atomic E-state index is 12.5. The number of aromatic nitrogens is 2. The number of rotatable bonds is 7. The van der Waals surface area contributed by atoms with Crippen LogP contribution in [0.4, 0.5) is 16.0 Å².